The maximum Gasteiger partial charge on any atom is 0.329 e. The average Bonchev–Trinajstić information content (AvgIpc) is 2.86. The Morgan fingerprint density at radius 1 is 1.12 bits per heavy atom. The van der Waals surface area contributed by atoms with Crippen LogP contribution in [-0.2, 0) is 9.59 Å². The van der Waals surface area contributed by atoms with Crippen molar-refractivity contribution in [3.63, 3.8) is 0 Å². The van der Waals surface area contributed by atoms with Crippen molar-refractivity contribution < 1.29 is 24.2 Å². The Labute approximate surface area is 187 Å². The van der Waals surface area contributed by atoms with E-state index in [0.29, 0.717) is 30.2 Å². The van der Waals surface area contributed by atoms with Gasteiger partial charge < -0.3 is 25.4 Å². The molecule has 0 atom stereocenters. The molecule has 0 bridgehead atoms. The third-order valence-electron chi connectivity index (χ3n) is 5.58. The number of carboxylic acid groups (broad SMARTS) is 1. The summed E-state index contributed by atoms with van der Waals surface area (Å²) in [7, 11) is 0. The van der Waals surface area contributed by atoms with Gasteiger partial charge in [-0.1, -0.05) is 18.2 Å². The van der Waals surface area contributed by atoms with Crippen molar-refractivity contribution in [2.24, 2.45) is 5.73 Å². The molecule has 2 aromatic carbocycles. The lowest BCUT2D eigenvalue weighted by Crippen LogP contribution is -2.55. The van der Waals surface area contributed by atoms with Gasteiger partial charge in [0, 0.05) is 12.6 Å². The number of ether oxygens (including phenoxy) is 1. The Balaban J connectivity index is 2.09. The molecular formula is C24H29N3O5. The highest BCUT2D eigenvalue weighted by molar-refractivity contribution is 6.11. The van der Waals surface area contributed by atoms with E-state index < -0.39 is 17.4 Å². The number of nitrogens with two attached hydrogens (primary N) is 1. The summed E-state index contributed by atoms with van der Waals surface area (Å²) in [4.78, 5) is 41.1. The van der Waals surface area contributed by atoms with Crippen LogP contribution in [0.15, 0.2) is 42.5 Å². The van der Waals surface area contributed by atoms with Crippen molar-refractivity contribution in [3.8, 4) is 16.9 Å². The van der Waals surface area contributed by atoms with Crippen molar-refractivity contribution >= 4 is 23.5 Å². The fourth-order valence-electron chi connectivity index (χ4n) is 3.71. The van der Waals surface area contributed by atoms with Crippen LogP contribution in [0, 0.1) is 0 Å². The van der Waals surface area contributed by atoms with Crippen LogP contribution >= 0.6 is 0 Å². The van der Waals surface area contributed by atoms with Gasteiger partial charge in [-0.05, 0) is 63.1 Å². The largest absolute Gasteiger partial charge is 0.492 e. The van der Waals surface area contributed by atoms with Gasteiger partial charge in [0.1, 0.15) is 24.4 Å². The van der Waals surface area contributed by atoms with E-state index in [2.05, 4.69) is 0 Å². The smallest absolute Gasteiger partial charge is 0.329 e. The first-order valence-corrected chi connectivity index (χ1v) is 10.5. The summed E-state index contributed by atoms with van der Waals surface area (Å²) < 4.78 is 5.51. The van der Waals surface area contributed by atoms with E-state index in [1.807, 2.05) is 44.2 Å². The summed E-state index contributed by atoms with van der Waals surface area (Å²) in [5, 5.41) is 9.69. The van der Waals surface area contributed by atoms with Gasteiger partial charge in [-0.3, -0.25) is 9.59 Å². The van der Waals surface area contributed by atoms with Gasteiger partial charge in [0.25, 0.3) is 5.91 Å². The zero-order chi connectivity index (χ0) is 23.6. The number of carboxylic acids is 1. The first-order valence-electron chi connectivity index (χ1n) is 10.5. The zero-order valence-corrected chi connectivity index (χ0v) is 18.8. The lowest BCUT2D eigenvalue weighted by molar-refractivity contribution is -0.148. The van der Waals surface area contributed by atoms with Crippen LogP contribution in [0.5, 0.6) is 5.75 Å². The first-order chi connectivity index (χ1) is 15.1. The maximum absolute atomic E-state index is 13.5. The van der Waals surface area contributed by atoms with Gasteiger partial charge >= 0.3 is 5.97 Å². The van der Waals surface area contributed by atoms with Crippen LogP contribution in [-0.4, -0.2) is 59.1 Å². The van der Waals surface area contributed by atoms with E-state index in [9.17, 15) is 19.5 Å². The Bertz CT molecular complexity index is 1030. The van der Waals surface area contributed by atoms with Gasteiger partial charge in [-0.2, -0.15) is 0 Å². The number of aliphatic carboxylic acids is 1. The number of benzene rings is 2. The van der Waals surface area contributed by atoms with Crippen LogP contribution < -0.4 is 15.4 Å². The van der Waals surface area contributed by atoms with Crippen LogP contribution in [0.25, 0.3) is 11.1 Å². The second-order valence-corrected chi connectivity index (χ2v) is 8.51. The summed E-state index contributed by atoms with van der Waals surface area (Å²) in [5.74, 6) is -1.30. The highest BCUT2D eigenvalue weighted by atomic mass is 16.5. The van der Waals surface area contributed by atoms with E-state index in [-0.39, 0.29) is 18.5 Å². The third-order valence-corrected chi connectivity index (χ3v) is 5.58. The Morgan fingerprint density at radius 3 is 2.31 bits per heavy atom. The second kappa shape index (κ2) is 9.00. The number of nitrogens with zero attached hydrogens (tertiary/aromatic N) is 2. The fraction of sp³-hybridized carbons (Fsp3) is 0.375. The van der Waals surface area contributed by atoms with Crippen LogP contribution in [0.4, 0.5) is 5.69 Å². The molecule has 2 amide bonds. The quantitative estimate of drug-likeness (QED) is 0.686. The minimum absolute atomic E-state index is 0.202. The van der Waals surface area contributed by atoms with Gasteiger partial charge in [0.2, 0.25) is 5.91 Å². The van der Waals surface area contributed by atoms with E-state index in [1.54, 1.807) is 17.0 Å². The predicted octanol–water partition coefficient (Wildman–Crippen LogP) is 2.75. The number of rotatable bonds is 7. The van der Waals surface area contributed by atoms with E-state index in [1.165, 1.54) is 13.8 Å². The van der Waals surface area contributed by atoms with Gasteiger partial charge in [-0.15, -0.1) is 0 Å². The molecule has 3 N–H and O–H groups in total. The van der Waals surface area contributed by atoms with E-state index in [0.717, 1.165) is 16.0 Å². The molecule has 1 heterocycles. The lowest BCUT2D eigenvalue weighted by Gasteiger charge is -2.33. The van der Waals surface area contributed by atoms with E-state index >= 15 is 0 Å². The normalized spacial score (nSPS) is 14.4. The van der Waals surface area contributed by atoms with Crippen molar-refractivity contribution in [1.29, 1.82) is 0 Å². The highest BCUT2D eigenvalue weighted by Gasteiger charge is 2.43. The molecule has 32 heavy (non-hydrogen) atoms. The molecule has 3 rings (SSSR count). The molecule has 0 radical (unpaired) electrons. The monoisotopic (exact) mass is 439 g/mol. The van der Waals surface area contributed by atoms with Crippen molar-refractivity contribution in [1.82, 2.24) is 4.90 Å². The standard InChI is InChI=1S/C24H29N3O5/c1-15(2)27-20-10-7-17(16-5-8-18(9-6-16)32-12-11-25)13-19(20)22(29)26(14-21(27)28)24(3,4)23(30)31/h5-10,13,15H,11-12,14,25H2,1-4H3,(H,30,31). The Morgan fingerprint density at radius 2 is 1.75 bits per heavy atom. The second-order valence-electron chi connectivity index (χ2n) is 8.51. The van der Waals surface area contributed by atoms with Crippen LogP contribution in [0.1, 0.15) is 38.1 Å². The minimum atomic E-state index is -1.55. The number of carbonyl (C=O) groups excluding carboxylic acids is 2. The molecule has 0 aromatic heterocycles. The number of hydrogen-bond acceptors (Lipinski definition) is 5. The van der Waals surface area contributed by atoms with Crippen molar-refractivity contribution in [2.45, 2.75) is 39.3 Å². The zero-order valence-electron chi connectivity index (χ0n) is 18.8. The molecule has 0 saturated carbocycles. The SMILES string of the molecule is CC(C)N1C(=O)CN(C(C)(C)C(=O)O)C(=O)c2cc(-c3ccc(OCCN)cc3)ccc21. The highest BCUT2D eigenvalue weighted by Crippen LogP contribution is 2.34. The number of anilines is 1. The average molecular weight is 440 g/mol. The predicted molar refractivity (Wildman–Crippen MR) is 122 cm³/mol. The van der Waals surface area contributed by atoms with Crippen LogP contribution in [0.2, 0.25) is 0 Å². The lowest BCUT2D eigenvalue weighted by atomic mass is 9.98. The molecule has 0 aliphatic carbocycles. The summed E-state index contributed by atoms with van der Waals surface area (Å²) in [6.45, 7) is 7.10. The summed E-state index contributed by atoms with van der Waals surface area (Å²) >= 11 is 0. The third kappa shape index (κ3) is 4.31. The molecule has 0 unspecified atom stereocenters. The maximum atomic E-state index is 13.5. The van der Waals surface area contributed by atoms with Gasteiger partial charge in [-0.25, -0.2) is 4.79 Å². The molecule has 2 aromatic rings. The molecule has 8 heteroatoms. The van der Waals surface area contributed by atoms with Crippen molar-refractivity contribution in [2.75, 3.05) is 24.6 Å². The molecule has 1 aliphatic heterocycles. The number of hydrogen-bond donors (Lipinski definition) is 2. The first kappa shape index (κ1) is 23.3. The number of fused-ring (bicyclic) bond motifs is 1. The molecule has 170 valence electrons. The molecule has 1 aliphatic rings. The minimum Gasteiger partial charge on any atom is -0.492 e. The fourth-order valence-corrected chi connectivity index (χ4v) is 3.71. The van der Waals surface area contributed by atoms with Crippen LogP contribution in [0.3, 0.4) is 0 Å². The number of amides is 2. The topological polar surface area (TPSA) is 113 Å². The summed E-state index contributed by atoms with van der Waals surface area (Å²) in [6, 6.07) is 12.5. The number of carbonyl (C=O) groups is 3. The molecule has 0 saturated heterocycles. The van der Waals surface area contributed by atoms with Gasteiger partial charge in [0.15, 0.2) is 0 Å². The van der Waals surface area contributed by atoms with Crippen molar-refractivity contribution in [3.05, 3.63) is 48.0 Å². The summed E-state index contributed by atoms with van der Waals surface area (Å²) in [6.07, 6.45) is 0. The van der Waals surface area contributed by atoms with E-state index in [4.69, 9.17) is 10.5 Å². The van der Waals surface area contributed by atoms with Gasteiger partial charge in [0.05, 0.1) is 11.3 Å². The molecule has 0 spiro atoms. The molecule has 8 nitrogen and oxygen atoms in total. The molecule has 0 fully saturated rings. The summed E-state index contributed by atoms with van der Waals surface area (Å²) in [5.41, 5.74) is 6.32. The molecular weight excluding hydrogens is 410 g/mol. The Hall–Kier alpha value is -3.39. The Kier molecular flexibility index (Phi) is 6.55.